The molecule has 2 aromatic rings. The summed E-state index contributed by atoms with van der Waals surface area (Å²) in [6, 6.07) is 15.0. The minimum atomic E-state index is -0.413. The number of carbonyl (C=O) groups excluding carboxylic acids is 2. The SMILES string of the molecule is CC(CCc1ccccc1)NC(=O)COCC(=O)Nc1cccc(Cl)c1Cl. The van der Waals surface area contributed by atoms with Crippen molar-refractivity contribution in [2.75, 3.05) is 18.5 Å². The van der Waals surface area contributed by atoms with Gasteiger partial charge in [-0.3, -0.25) is 9.59 Å². The summed E-state index contributed by atoms with van der Waals surface area (Å²) in [7, 11) is 0. The summed E-state index contributed by atoms with van der Waals surface area (Å²) in [4.78, 5) is 23.8. The fraction of sp³-hybridized carbons (Fsp3) is 0.300. The molecule has 0 aliphatic rings. The first-order chi connectivity index (χ1) is 13.0. The number of ether oxygens (including phenoxy) is 1. The van der Waals surface area contributed by atoms with Gasteiger partial charge in [0, 0.05) is 6.04 Å². The lowest BCUT2D eigenvalue weighted by atomic mass is 10.1. The van der Waals surface area contributed by atoms with Crippen molar-refractivity contribution >= 4 is 40.7 Å². The molecule has 0 saturated carbocycles. The van der Waals surface area contributed by atoms with Gasteiger partial charge in [-0.15, -0.1) is 0 Å². The van der Waals surface area contributed by atoms with E-state index in [1.165, 1.54) is 5.56 Å². The molecule has 5 nitrogen and oxygen atoms in total. The number of hydrogen-bond acceptors (Lipinski definition) is 3. The molecule has 27 heavy (non-hydrogen) atoms. The fourth-order valence-corrected chi connectivity index (χ4v) is 2.79. The maximum absolute atomic E-state index is 11.9. The largest absolute Gasteiger partial charge is 0.362 e. The molecule has 2 aromatic carbocycles. The van der Waals surface area contributed by atoms with Crippen LogP contribution in [0.3, 0.4) is 0 Å². The molecule has 0 aliphatic carbocycles. The van der Waals surface area contributed by atoms with Gasteiger partial charge in [-0.25, -0.2) is 0 Å². The second kappa shape index (κ2) is 10.9. The highest BCUT2D eigenvalue weighted by Crippen LogP contribution is 2.29. The summed E-state index contributed by atoms with van der Waals surface area (Å²) >= 11 is 11.9. The van der Waals surface area contributed by atoms with Crippen molar-refractivity contribution in [2.24, 2.45) is 0 Å². The Balaban J connectivity index is 1.65. The average molecular weight is 409 g/mol. The highest BCUT2D eigenvalue weighted by atomic mass is 35.5. The van der Waals surface area contributed by atoms with E-state index in [0.29, 0.717) is 10.7 Å². The van der Waals surface area contributed by atoms with Crippen LogP contribution in [-0.4, -0.2) is 31.1 Å². The van der Waals surface area contributed by atoms with Gasteiger partial charge in [-0.05, 0) is 37.5 Å². The molecule has 0 radical (unpaired) electrons. The third-order valence-corrected chi connectivity index (χ3v) is 4.63. The standard InChI is InChI=1S/C20H22Cl2N2O3/c1-14(10-11-15-6-3-2-4-7-15)23-18(25)12-27-13-19(26)24-17-9-5-8-16(21)20(17)22/h2-9,14H,10-13H2,1H3,(H,23,25)(H,24,26). The van der Waals surface area contributed by atoms with E-state index in [0.717, 1.165) is 12.8 Å². The molecule has 2 rings (SSSR count). The number of aryl methyl sites for hydroxylation is 1. The first-order valence-corrected chi connectivity index (χ1v) is 9.36. The Bertz CT molecular complexity index is 769. The summed E-state index contributed by atoms with van der Waals surface area (Å²) in [5.74, 6) is -0.673. The number of nitrogens with one attached hydrogen (secondary N) is 2. The molecule has 0 aliphatic heterocycles. The first kappa shape index (κ1) is 21.2. The molecular weight excluding hydrogens is 387 g/mol. The van der Waals surface area contributed by atoms with Crippen LogP contribution < -0.4 is 10.6 Å². The normalized spacial score (nSPS) is 11.7. The van der Waals surface area contributed by atoms with E-state index in [9.17, 15) is 9.59 Å². The van der Waals surface area contributed by atoms with Gasteiger partial charge < -0.3 is 15.4 Å². The zero-order valence-electron chi connectivity index (χ0n) is 15.0. The molecule has 144 valence electrons. The number of halogens is 2. The van der Waals surface area contributed by atoms with E-state index < -0.39 is 5.91 Å². The van der Waals surface area contributed by atoms with Crippen LogP contribution in [0.15, 0.2) is 48.5 Å². The Morgan fingerprint density at radius 2 is 1.70 bits per heavy atom. The predicted octanol–water partition coefficient (Wildman–Crippen LogP) is 4.09. The summed E-state index contributed by atoms with van der Waals surface area (Å²) in [6.45, 7) is 1.50. The molecule has 0 fully saturated rings. The zero-order chi connectivity index (χ0) is 19.6. The second-order valence-electron chi connectivity index (χ2n) is 6.14. The number of carbonyl (C=O) groups is 2. The summed E-state index contributed by atoms with van der Waals surface area (Å²) in [5, 5.41) is 6.06. The van der Waals surface area contributed by atoms with Crippen LogP contribution in [0.5, 0.6) is 0 Å². The smallest absolute Gasteiger partial charge is 0.250 e. The Morgan fingerprint density at radius 3 is 2.44 bits per heavy atom. The van der Waals surface area contributed by atoms with Crippen molar-refractivity contribution in [2.45, 2.75) is 25.8 Å². The van der Waals surface area contributed by atoms with Gasteiger partial charge in [0.2, 0.25) is 11.8 Å². The van der Waals surface area contributed by atoms with E-state index in [4.69, 9.17) is 27.9 Å². The molecule has 0 saturated heterocycles. The first-order valence-electron chi connectivity index (χ1n) is 8.60. The highest BCUT2D eigenvalue weighted by Gasteiger charge is 2.11. The number of benzene rings is 2. The van der Waals surface area contributed by atoms with Gasteiger partial charge in [0.1, 0.15) is 13.2 Å². The molecule has 2 N–H and O–H groups in total. The average Bonchev–Trinajstić information content (AvgIpc) is 2.64. The molecular formula is C20H22Cl2N2O3. The van der Waals surface area contributed by atoms with Crippen LogP contribution in [0.1, 0.15) is 18.9 Å². The second-order valence-corrected chi connectivity index (χ2v) is 6.92. The van der Waals surface area contributed by atoms with E-state index in [-0.39, 0.29) is 30.2 Å². The Kier molecular flexibility index (Phi) is 8.58. The predicted molar refractivity (Wildman–Crippen MR) is 108 cm³/mol. The van der Waals surface area contributed by atoms with Crippen LogP contribution in [0, 0.1) is 0 Å². The topological polar surface area (TPSA) is 67.4 Å². The molecule has 2 amide bonds. The van der Waals surface area contributed by atoms with Crippen molar-refractivity contribution in [1.82, 2.24) is 5.32 Å². The molecule has 0 spiro atoms. The number of anilines is 1. The minimum absolute atomic E-state index is 0.0143. The summed E-state index contributed by atoms with van der Waals surface area (Å²) in [5.41, 5.74) is 1.63. The molecule has 0 aromatic heterocycles. The maximum atomic E-state index is 11.9. The van der Waals surface area contributed by atoms with Crippen molar-refractivity contribution < 1.29 is 14.3 Å². The third kappa shape index (κ3) is 7.59. The molecule has 0 heterocycles. The lowest BCUT2D eigenvalue weighted by Crippen LogP contribution is -2.36. The van der Waals surface area contributed by atoms with Gasteiger partial charge in [-0.2, -0.15) is 0 Å². The zero-order valence-corrected chi connectivity index (χ0v) is 16.5. The van der Waals surface area contributed by atoms with Crippen molar-refractivity contribution in [3.63, 3.8) is 0 Å². The lowest BCUT2D eigenvalue weighted by molar-refractivity contribution is -0.129. The molecule has 0 bridgehead atoms. The van der Waals surface area contributed by atoms with Gasteiger partial charge in [0.15, 0.2) is 0 Å². The van der Waals surface area contributed by atoms with Crippen LogP contribution in [0.2, 0.25) is 10.0 Å². The van der Waals surface area contributed by atoms with E-state index in [1.807, 2.05) is 25.1 Å². The number of hydrogen-bond donors (Lipinski definition) is 2. The van der Waals surface area contributed by atoms with Crippen LogP contribution in [0.4, 0.5) is 5.69 Å². The Labute approximate surface area is 169 Å². The van der Waals surface area contributed by atoms with Crippen LogP contribution >= 0.6 is 23.2 Å². The Hall–Kier alpha value is -2.08. The van der Waals surface area contributed by atoms with E-state index >= 15 is 0 Å². The van der Waals surface area contributed by atoms with E-state index in [1.54, 1.807) is 18.2 Å². The maximum Gasteiger partial charge on any atom is 0.250 e. The van der Waals surface area contributed by atoms with Gasteiger partial charge in [0.25, 0.3) is 0 Å². The molecule has 1 unspecified atom stereocenters. The number of amides is 2. The lowest BCUT2D eigenvalue weighted by Gasteiger charge is -2.14. The van der Waals surface area contributed by atoms with E-state index in [2.05, 4.69) is 22.8 Å². The van der Waals surface area contributed by atoms with Crippen LogP contribution in [0.25, 0.3) is 0 Å². The van der Waals surface area contributed by atoms with Crippen molar-refractivity contribution in [3.8, 4) is 0 Å². The minimum Gasteiger partial charge on any atom is -0.362 e. The van der Waals surface area contributed by atoms with Crippen molar-refractivity contribution in [3.05, 3.63) is 64.1 Å². The summed E-state index contributed by atoms with van der Waals surface area (Å²) in [6.07, 6.45) is 1.70. The highest BCUT2D eigenvalue weighted by molar-refractivity contribution is 6.43. The van der Waals surface area contributed by atoms with Gasteiger partial charge >= 0.3 is 0 Å². The third-order valence-electron chi connectivity index (χ3n) is 3.81. The molecule has 1 atom stereocenters. The van der Waals surface area contributed by atoms with Crippen LogP contribution in [-0.2, 0) is 20.7 Å². The number of rotatable bonds is 9. The fourth-order valence-electron chi connectivity index (χ4n) is 2.44. The quantitative estimate of drug-likeness (QED) is 0.656. The molecule has 7 heteroatoms. The monoisotopic (exact) mass is 408 g/mol. The van der Waals surface area contributed by atoms with Crippen molar-refractivity contribution in [1.29, 1.82) is 0 Å². The van der Waals surface area contributed by atoms with Gasteiger partial charge in [0.05, 0.1) is 15.7 Å². The summed E-state index contributed by atoms with van der Waals surface area (Å²) < 4.78 is 5.16. The Morgan fingerprint density at radius 1 is 1.00 bits per heavy atom. The van der Waals surface area contributed by atoms with Gasteiger partial charge in [-0.1, -0.05) is 59.6 Å².